The SMILES string of the molecule is CCOC1CCC(c2ccc(C(F)(F)Oc3ccc(C)c(C)c3F)cc2)OC1. The van der Waals surface area contributed by atoms with Gasteiger partial charge in [-0.15, -0.1) is 0 Å². The maximum Gasteiger partial charge on any atom is 0.426 e. The molecule has 0 radical (unpaired) electrons. The third kappa shape index (κ3) is 4.50. The first-order valence-electron chi connectivity index (χ1n) is 9.48. The van der Waals surface area contributed by atoms with Crippen LogP contribution >= 0.6 is 0 Å². The molecule has 3 nitrogen and oxygen atoms in total. The maximum atomic E-state index is 14.5. The summed E-state index contributed by atoms with van der Waals surface area (Å²) >= 11 is 0. The van der Waals surface area contributed by atoms with Crippen LogP contribution in [0.3, 0.4) is 0 Å². The lowest BCUT2D eigenvalue weighted by Gasteiger charge is -2.29. The van der Waals surface area contributed by atoms with Crippen molar-refractivity contribution in [1.82, 2.24) is 0 Å². The molecule has 0 aliphatic carbocycles. The summed E-state index contributed by atoms with van der Waals surface area (Å²) in [6, 6.07) is 8.59. The Hall–Kier alpha value is -2.05. The molecule has 2 aromatic rings. The van der Waals surface area contributed by atoms with Gasteiger partial charge in [-0.25, -0.2) is 4.39 Å². The third-order valence-corrected chi connectivity index (χ3v) is 5.11. The van der Waals surface area contributed by atoms with Crippen LogP contribution in [0.15, 0.2) is 36.4 Å². The number of halogens is 3. The molecule has 1 saturated heterocycles. The number of alkyl halides is 2. The van der Waals surface area contributed by atoms with E-state index >= 15 is 0 Å². The summed E-state index contributed by atoms with van der Waals surface area (Å²) in [7, 11) is 0. The molecule has 1 aliphatic rings. The van der Waals surface area contributed by atoms with Crippen LogP contribution in [-0.2, 0) is 15.6 Å². The van der Waals surface area contributed by atoms with Crippen LogP contribution in [0, 0.1) is 19.7 Å². The van der Waals surface area contributed by atoms with Crippen LogP contribution in [0.4, 0.5) is 13.2 Å². The second-order valence-corrected chi connectivity index (χ2v) is 7.04. The highest BCUT2D eigenvalue weighted by Gasteiger charge is 2.36. The van der Waals surface area contributed by atoms with Crippen LogP contribution in [0.5, 0.6) is 5.75 Å². The van der Waals surface area contributed by atoms with Crippen molar-refractivity contribution in [3.05, 3.63) is 64.5 Å². The zero-order valence-corrected chi connectivity index (χ0v) is 16.3. The smallest absolute Gasteiger partial charge is 0.426 e. The molecule has 0 spiro atoms. The number of hydrogen-bond donors (Lipinski definition) is 0. The van der Waals surface area contributed by atoms with E-state index in [2.05, 4.69) is 0 Å². The molecule has 0 bridgehead atoms. The molecule has 152 valence electrons. The first kappa shape index (κ1) is 20.7. The summed E-state index contributed by atoms with van der Waals surface area (Å²) in [4.78, 5) is 0. The zero-order valence-electron chi connectivity index (χ0n) is 16.3. The predicted molar refractivity (Wildman–Crippen MR) is 100 cm³/mol. The van der Waals surface area contributed by atoms with E-state index < -0.39 is 17.7 Å². The summed E-state index contributed by atoms with van der Waals surface area (Å²) in [5.41, 5.74) is 1.46. The van der Waals surface area contributed by atoms with E-state index in [4.69, 9.17) is 14.2 Å². The second kappa shape index (κ2) is 8.53. The molecule has 2 unspecified atom stereocenters. The van der Waals surface area contributed by atoms with Crippen LogP contribution in [-0.4, -0.2) is 19.3 Å². The van der Waals surface area contributed by atoms with E-state index in [9.17, 15) is 13.2 Å². The number of rotatable bonds is 6. The van der Waals surface area contributed by atoms with Crippen molar-refractivity contribution in [2.75, 3.05) is 13.2 Å². The minimum absolute atomic E-state index is 0.0890. The Kier molecular flexibility index (Phi) is 6.30. The lowest BCUT2D eigenvalue weighted by atomic mass is 9.99. The summed E-state index contributed by atoms with van der Waals surface area (Å²) in [5, 5.41) is 0. The van der Waals surface area contributed by atoms with E-state index in [1.54, 1.807) is 25.1 Å². The topological polar surface area (TPSA) is 27.7 Å². The summed E-state index contributed by atoms with van der Waals surface area (Å²) in [6.45, 7) is 6.32. The predicted octanol–water partition coefficient (Wildman–Crippen LogP) is 5.83. The van der Waals surface area contributed by atoms with Crippen molar-refractivity contribution in [2.24, 2.45) is 0 Å². The number of aryl methyl sites for hydroxylation is 1. The molecule has 1 fully saturated rings. The van der Waals surface area contributed by atoms with Gasteiger partial charge in [0.15, 0.2) is 11.6 Å². The van der Waals surface area contributed by atoms with Gasteiger partial charge in [-0.3, -0.25) is 0 Å². The molecule has 0 aromatic heterocycles. The standard InChI is InChI=1S/C22H25F3O3/c1-4-26-18-10-12-19(27-13-18)16-6-8-17(9-7-16)22(24,25)28-20-11-5-14(2)15(3)21(20)23/h5-9,11,18-19H,4,10,12-13H2,1-3H3. The molecule has 28 heavy (non-hydrogen) atoms. The molecule has 0 N–H and O–H groups in total. The maximum absolute atomic E-state index is 14.5. The van der Waals surface area contributed by atoms with Gasteiger partial charge in [0.1, 0.15) is 0 Å². The monoisotopic (exact) mass is 394 g/mol. The molecule has 0 amide bonds. The van der Waals surface area contributed by atoms with E-state index in [1.165, 1.54) is 25.1 Å². The van der Waals surface area contributed by atoms with Crippen molar-refractivity contribution in [3.63, 3.8) is 0 Å². The van der Waals surface area contributed by atoms with Crippen molar-refractivity contribution in [1.29, 1.82) is 0 Å². The lowest BCUT2D eigenvalue weighted by molar-refractivity contribution is -0.187. The van der Waals surface area contributed by atoms with E-state index in [-0.39, 0.29) is 17.8 Å². The van der Waals surface area contributed by atoms with Crippen LogP contribution in [0.1, 0.15) is 48.1 Å². The van der Waals surface area contributed by atoms with Gasteiger partial charge >= 0.3 is 6.11 Å². The summed E-state index contributed by atoms with van der Waals surface area (Å²) in [5.74, 6) is -1.23. The number of benzene rings is 2. The molecule has 1 heterocycles. The average Bonchev–Trinajstić information content (AvgIpc) is 2.69. The minimum Gasteiger partial charge on any atom is -0.426 e. The van der Waals surface area contributed by atoms with E-state index in [0.717, 1.165) is 18.4 Å². The normalized spacial score (nSPS) is 20.2. The quantitative estimate of drug-likeness (QED) is 0.617. The Morgan fingerprint density at radius 2 is 1.79 bits per heavy atom. The first-order chi connectivity index (χ1) is 13.3. The molecule has 0 saturated carbocycles. The van der Waals surface area contributed by atoms with Gasteiger partial charge in [0.25, 0.3) is 0 Å². The molecule has 1 aliphatic heterocycles. The third-order valence-electron chi connectivity index (χ3n) is 5.11. The molecular formula is C22H25F3O3. The number of hydrogen-bond acceptors (Lipinski definition) is 3. The van der Waals surface area contributed by atoms with Gasteiger partial charge in [-0.05, 0) is 68.5 Å². The Balaban J connectivity index is 1.69. The molecule has 6 heteroatoms. The Labute approximate surface area is 163 Å². The van der Waals surface area contributed by atoms with Gasteiger partial charge in [0.05, 0.1) is 24.4 Å². The van der Waals surface area contributed by atoms with E-state index in [0.29, 0.717) is 24.3 Å². The average molecular weight is 394 g/mol. The second-order valence-electron chi connectivity index (χ2n) is 7.04. The fraction of sp³-hybridized carbons (Fsp3) is 0.455. The molecule has 2 atom stereocenters. The Bertz CT molecular complexity index is 797. The largest absolute Gasteiger partial charge is 0.426 e. The van der Waals surface area contributed by atoms with Gasteiger partial charge < -0.3 is 14.2 Å². The van der Waals surface area contributed by atoms with Gasteiger partial charge in [-0.1, -0.05) is 18.2 Å². The Morgan fingerprint density at radius 1 is 1.07 bits per heavy atom. The van der Waals surface area contributed by atoms with Crippen molar-refractivity contribution in [3.8, 4) is 5.75 Å². The first-order valence-corrected chi connectivity index (χ1v) is 9.48. The van der Waals surface area contributed by atoms with Gasteiger partial charge in [0, 0.05) is 6.61 Å². The molecular weight excluding hydrogens is 369 g/mol. The highest BCUT2D eigenvalue weighted by atomic mass is 19.3. The fourth-order valence-electron chi connectivity index (χ4n) is 3.28. The lowest BCUT2D eigenvalue weighted by Crippen LogP contribution is -2.27. The van der Waals surface area contributed by atoms with Crippen molar-refractivity contribution in [2.45, 2.75) is 51.9 Å². The molecule has 3 rings (SSSR count). The van der Waals surface area contributed by atoms with Gasteiger partial charge in [-0.2, -0.15) is 8.78 Å². The van der Waals surface area contributed by atoms with Crippen LogP contribution in [0.2, 0.25) is 0 Å². The molecule has 2 aromatic carbocycles. The number of ether oxygens (including phenoxy) is 3. The summed E-state index contributed by atoms with van der Waals surface area (Å²) in [6.07, 6.45) is -2.06. The van der Waals surface area contributed by atoms with Crippen molar-refractivity contribution < 1.29 is 27.4 Å². The summed E-state index contributed by atoms with van der Waals surface area (Å²) < 4.78 is 59.3. The van der Waals surface area contributed by atoms with Crippen LogP contribution < -0.4 is 4.74 Å². The highest BCUT2D eigenvalue weighted by molar-refractivity contribution is 5.37. The Morgan fingerprint density at radius 3 is 2.39 bits per heavy atom. The van der Waals surface area contributed by atoms with Crippen molar-refractivity contribution >= 4 is 0 Å². The van der Waals surface area contributed by atoms with Crippen LogP contribution in [0.25, 0.3) is 0 Å². The minimum atomic E-state index is -3.64. The fourth-order valence-corrected chi connectivity index (χ4v) is 3.28. The van der Waals surface area contributed by atoms with E-state index in [1.807, 2.05) is 6.92 Å². The van der Waals surface area contributed by atoms with Gasteiger partial charge in [0.2, 0.25) is 0 Å². The highest BCUT2D eigenvalue weighted by Crippen LogP contribution is 2.36. The zero-order chi connectivity index (χ0) is 20.3.